The molecule has 34 heavy (non-hydrogen) atoms. The Hall–Kier alpha value is 1.04. The first-order chi connectivity index (χ1) is 16.6. The summed E-state index contributed by atoms with van der Waals surface area (Å²) in [5.74, 6) is 3.06. The molecule has 0 aromatic heterocycles. The Kier molecular flexibility index (Phi) is 11.8. The molecule has 0 amide bonds. The average Bonchev–Trinajstić information content (AvgIpc) is 3.50. The van der Waals surface area contributed by atoms with Crippen LogP contribution in [0.4, 0.5) is 0 Å². The molecule has 0 saturated carbocycles. The molecule has 10 heteroatoms. The van der Waals surface area contributed by atoms with Gasteiger partial charge in [-0.1, -0.05) is 95.6 Å². The molecule has 0 radical (unpaired) electrons. The number of alkyl halides is 2. The lowest BCUT2D eigenvalue weighted by Gasteiger charge is -2.06. The average molecular weight is 638 g/mol. The summed E-state index contributed by atoms with van der Waals surface area (Å²) in [7, 11) is 0. The molecule has 2 aromatic rings. The second-order valence-electron chi connectivity index (χ2n) is 7.02. The van der Waals surface area contributed by atoms with Crippen molar-refractivity contribution in [2.75, 3.05) is 12.5 Å². The molecule has 0 nitrogen and oxygen atoms in total. The molecule has 0 unspecified atom stereocenters. The molecule has 2 aromatic carbocycles. The van der Waals surface area contributed by atoms with Crippen LogP contribution in [0.25, 0.3) is 0 Å². The molecule has 0 spiro atoms. The van der Waals surface area contributed by atoms with Crippen LogP contribution in [-0.2, 0) is 23.3 Å². The van der Waals surface area contributed by atoms with E-state index in [1.165, 1.54) is 47.7 Å². The van der Waals surface area contributed by atoms with E-state index in [-0.39, 0.29) is 0 Å². The maximum absolute atomic E-state index is 5.96. The van der Waals surface area contributed by atoms with Gasteiger partial charge in [0.2, 0.25) is 0 Å². The fourth-order valence-electron chi connectivity index (χ4n) is 2.89. The number of hydrogen-bond acceptors (Lipinski definition) is 8. The van der Waals surface area contributed by atoms with Crippen molar-refractivity contribution in [3.8, 4) is 0 Å². The standard InChI is InChI=1S/C24H22Cl2S8/c1-27-19-20(28-2)32-23(31-19)24-33-21(29-13-17-7-3-15(11-25)4-8-17)22(34-24)30-14-18-9-5-16(12-26)6-10-18/h3-10H,11-14H2,1-2H3. The van der Waals surface area contributed by atoms with Crippen molar-refractivity contribution in [1.82, 2.24) is 0 Å². The van der Waals surface area contributed by atoms with Crippen LogP contribution >= 0.6 is 117 Å². The number of halogens is 2. The van der Waals surface area contributed by atoms with Crippen molar-refractivity contribution >= 4 is 117 Å². The Morgan fingerprint density at radius 1 is 0.529 bits per heavy atom. The predicted octanol–water partition coefficient (Wildman–Crippen LogP) is 11.4. The van der Waals surface area contributed by atoms with Gasteiger partial charge in [0, 0.05) is 23.3 Å². The van der Waals surface area contributed by atoms with Crippen LogP contribution in [0.2, 0.25) is 0 Å². The maximum atomic E-state index is 5.96. The van der Waals surface area contributed by atoms with Crippen LogP contribution in [-0.4, -0.2) is 12.5 Å². The zero-order valence-corrected chi connectivity index (χ0v) is 26.5. The number of hydrogen-bond donors (Lipinski definition) is 0. The van der Waals surface area contributed by atoms with Gasteiger partial charge in [-0.25, -0.2) is 0 Å². The Labute approximate surface area is 246 Å². The largest absolute Gasteiger partial charge is 0.122 e. The highest BCUT2D eigenvalue weighted by Crippen LogP contribution is 2.66. The van der Waals surface area contributed by atoms with E-state index in [0.29, 0.717) is 11.8 Å². The highest BCUT2D eigenvalue weighted by molar-refractivity contribution is 8.44. The minimum atomic E-state index is 0.564. The normalized spacial score (nSPS) is 16.4. The van der Waals surface area contributed by atoms with E-state index in [2.05, 4.69) is 61.0 Å². The van der Waals surface area contributed by atoms with Crippen molar-refractivity contribution < 1.29 is 0 Å². The molecule has 2 heterocycles. The van der Waals surface area contributed by atoms with Gasteiger partial charge >= 0.3 is 0 Å². The van der Waals surface area contributed by atoms with Gasteiger partial charge in [-0.2, -0.15) is 0 Å². The quantitative estimate of drug-likeness (QED) is 0.233. The van der Waals surface area contributed by atoms with E-state index in [4.69, 9.17) is 23.2 Å². The second kappa shape index (κ2) is 14.3. The molecule has 0 bridgehead atoms. The predicted molar refractivity (Wildman–Crippen MR) is 173 cm³/mol. The van der Waals surface area contributed by atoms with Crippen LogP contribution in [0.3, 0.4) is 0 Å². The van der Waals surface area contributed by atoms with Gasteiger partial charge in [0.05, 0.1) is 25.4 Å². The van der Waals surface area contributed by atoms with Gasteiger partial charge in [0.1, 0.15) is 0 Å². The molecule has 2 aliphatic rings. The zero-order valence-electron chi connectivity index (χ0n) is 18.5. The SMILES string of the molecule is CSC1=C(SC)SC(=C2SC(SCc3ccc(CCl)cc3)=C(SCc3ccc(CCl)cc3)S2)S1. The summed E-state index contributed by atoms with van der Waals surface area (Å²) in [6.07, 6.45) is 4.35. The fourth-order valence-corrected chi connectivity index (χ4v) is 14.3. The summed E-state index contributed by atoms with van der Waals surface area (Å²) in [6, 6.07) is 17.3. The van der Waals surface area contributed by atoms with Gasteiger partial charge in [-0.05, 0) is 34.8 Å². The van der Waals surface area contributed by atoms with Crippen LogP contribution in [0.15, 0.2) is 74.0 Å². The first-order valence-electron chi connectivity index (χ1n) is 10.2. The van der Waals surface area contributed by atoms with Gasteiger partial charge in [-0.15, -0.1) is 70.2 Å². The van der Waals surface area contributed by atoms with Crippen LogP contribution in [0.1, 0.15) is 22.3 Å². The minimum Gasteiger partial charge on any atom is -0.122 e. The lowest BCUT2D eigenvalue weighted by molar-refractivity contribution is 1.34. The zero-order chi connectivity index (χ0) is 23.9. The minimum absolute atomic E-state index is 0.564. The van der Waals surface area contributed by atoms with Crippen LogP contribution in [0.5, 0.6) is 0 Å². The summed E-state index contributed by atoms with van der Waals surface area (Å²) in [4.78, 5) is 0. The van der Waals surface area contributed by atoms with Gasteiger partial charge in [-0.3, -0.25) is 0 Å². The van der Waals surface area contributed by atoms with E-state index < -0.39 is 0 Å². The first kappa shape index (κ1) is 28.1. The van der Waals surface area contributed by atoms with Gasteiger partial charge < -0.3 is 0 Å². The molecule has 4 rings (SSSR count). The van der Waals surface area contributed by atoms with Crippen LogP contribution in [0, 0.1) is 0 Å². The molecular formula is C24H22Cl2S8. The number of benzene rings is 2. The Morgan fingerprint density at radius 3 is 1.18 bits per heavy atom. The van der Waals surface area contributed by atoms with E-state index in [0.717, 1.165) is 11.5 Å². The van der Waals surface area contributed by atoms with Crippen molar-refractivity contribution in [2.24, 2.45) is 0 Å². The summed E-state index contributed by atoms with van der Waals surface area (Å²) in [6.45, 7) is 0. The Balaban J connectivity index is 1.48. The molecule has 0 aliphatic carbocycles. The summed E-state index contributed by atoms with van der Waals surface area (Å²) >= 11 is 27.3. The van der Waals surface area contributed by atoms with E-state index in [1.54, 1.807) is 0 Å². The maximum Gasteiger partial charge on any atom is 0.0717 e. The number of rotatable bonds is 10. The first-order valence-corrected chi connectivity index (χ1v) is 18.9. The molecule has 0 atom stereocenters. The molecular weight excluding hydrogens is 616 g/mol. The Morgan fingerprint density at radius 2 is 0.853 bits per heavy atom. The third-order valence-electron chi connectivity index (χ3n) is 4.71. The van der Waals surface area contributed by atoms with E-state index in [1.807, 2.05) is 94.1 Å². The Bertz CT molecular complexity index is 1010. The molecule has 0 saturated heterocycles. The van der Waals surface area contributed by atoms with Gasteiger partial charge in [0.25, 0.3) is 0 Å². The molecule has 0 fully saturated rings. The highest BCUT2D eigenvalue weighted by atomic mass is 35.5. The highest BCUT2D eigenvalue weighted by Gasteiger charge is 2.30. The fraction of sp³-hybridized carbons (Fsp3) is 0.250. The summed E-state index contributed by atoms with van der Waals surface area (Å²) in [5, 5.41) is 0. The van der Waals surface area contributed by atoms with Crippen molar-refractivity contribution in [3.63, 3.8) is 0 Å². The van der Waals surface area contributed by atoms with E-state index >= 15 is 0 Å². The van der Waals surface area contributed by atoms with E-state index in [9.17, 15) is 0 Å². The molecule has 0 N–H and O–H groups in total. The van der Waals surface area contributed by atoms with Crippen molar-refractivity contribution in [1.29, 1.82) is 0 Å². The lowest BCUT2D eigenvalue weighted by Crippen LogP contribution is -1.84. The van der Waals surface area contributed by atoms with Gasteiger partial charge in [0.15, 0.2) is 0 Å². The second-order valence-corrected chi connectivity index (χ2v) is 16.8. The third-order valence-corrected chi connectivity index (χ3v) is 16.7. The monoisotopic (exact) mass is 636 g/mol. The smallest absolute Gasteiger partial charge is 0.0717 e. The van der Waals surface area contributed by atoms with Crippen molar-refractivity contribution in [2.45, 2.75) is 23.3 Å². The lowest BCUT2D eigenvalue weighted by atomic mass is 10.2. The summed E-state index contributed by atoms with van der Waals surface area (Å²) in [5.41, 5.74) is 5.00. The molecule has 180 valence electrons. The molecule has 2 aliphatic heterocycles. The summed E-state index contributed by atoms with van der Waals surface area (Å²) < 4.78 is 8.54. The topological polar surface area (TPSA) is 0 Å². The number of thioether (sulfide) groups is 8. The third kappa shape index (κ3) is 7.55. The van der Waals surface area contributed by atoms with Crippen molar-refractivity contribution in [3.05, 3.63) is 96.2 Å². The van der Waals surface area contributed by atoms with Crippen LogP contribution < -0.4 is 0 Å².